The maximum Gasteiger partial charge on any atom is 0.294 e. The summed E-state index contributed by atoms with van der Waals surface area (Å²) in [5, 5.41) is 5.65. The Labute approximate surface area is 206 Å². The smallest absolute Gasteiger partial charge is 0.294 e. The minimum atomic E-state index is -3.23. The lowest BCUT2D eigenvalue weighted by atomic mass is 9.92. The van der Waals surface area contributed by atoms with Gasteiger partial charge in [-0.2, -0.15) is 0 Å². The van der Waals surface area contributed by atoms with Crippen molar-refractivity contribution in [3.8, 4) is 16.5 Å². The van der Waals surface area contributed by atoms with Gasteiger partial charge >= 0.3 is 0 Å². The first-order valence-electron chi connectivity index (χ1n) is 10.8. The van der Waals surface area contributed by atoms with Gasteiger partial charge in [-0.05, 0) is 49.2 Å². The van der Waals surface area contributed by atoms with Crippen LogP contribution in [0.3, 0.4) is 0 Å². The second-order valence-corrected chi connectivity index (χ2v) is 11.7. The molecule has 1 aliphatic rings. The quantitative estimate of drug-likeness (QED) is 0.377. The Morgan fingerprint density at radius 1 is 1.15 bits per heavy atom. The molecule has 1 aromatic carbocycles. The number of rotatable bonds is 6. The zero-order chi connectivity index (χ0) is 23.9. The monoisotopic (exact) mass is 518 g/mol. The second-order valence-electron chi connectivity index (χ2n) is 8.37. The zero-order valence-corrected chi connectivity index (χ0v) is 21.0. The minimum Gasteiger partial charge on any atom is -0.466 e. The lowest BCUT2D eigenvalue weighted by Crippen LogP contribution is -2.39. The molecule has 5 rings (SSSR count). The van der Waals surface area contributed by atoms with E-state index in [0.29, 0.717) is 22.1 Å². The summed E-state index contributed by atoms with van der Waals surface area (Å²) in [5.74, 6) is 1.11. The van der Waals surface area contributed by atoms with Crippen LogP contribution in [0.25, 0.3) is 16.2 Å². The van der Waals surface area contributed by atoms with Crippen molar-refractivity contribution in [3.05, 3.63) is 47.9 Å². The van der Waals surface area contributed by atoms with Crippen molar-refractivity contribution in [1.82, 2.24) is 24.6 Å². The van der Waals surface area contributed by atoms with Crippen LogP contribution < -0.4 is 9.64 Å². The van der Waals surface area contributed by atoms with Crippen molar-refractivity contribution in [2.24, 2.45) is 5.92 Å². The third-order valence-electron chi connectivity index (χ3n) is 5.98. The average Bonchev–Trinajstić information content (AvgIpc) is 3.38. The summed E-state index contributed by atoms with van der Waals surface area (Å²) in [4.78, 5) is 16.4. The molecule has 3 aromatic heterocycles. The highest BCUT2D eigenvalue weighted by Gasteiger charge is 2.27. The highest BCUT2D eigenvalue weighted by atomic mass is 35.5. The van der Waals surface area contributed by atoms with Crippen LogP contribution in [0, 0.1) is 5.92 Å². The number of hydrogen-bond donors (Lipinski definition) is 0. The van der Waals surface area contributed by atoms with Gasteiger partial charge in [0.25, 0.3) is 5.19 Å². The van der Waals surface area contributed by atoms with Gasteiger partial charge in [-0.3, -0.25) is 0 Å². The highest BCUT2D eigenvalue weighted by Crippen LogP contribution is 2.30. The molecule has 0 spiro atoms. The van der Waals surface area contributed by atoms with Gasteiger partial charge < -0.3 is 9.64 Å². The first kappa shape index (κ1) is 23.0. The number of hydrogen-bond acceptors (Lipinski definition) is 9. The molecule has 178 valence electrons. The molecule has 0 aliphatic carbocycles. The van der Waals surface area contributed by atoms with Gasteiger partial charge in [0.05, 0.1) is 34.2 Å². The largest absolute Gasteiger partial charge is 0.466 e. The first-order chi connectivity index (χ1) is 16.3. The topological polar surface area (TPSA) is 103 Å². The Bertz CT molecular complexity index is 1360. The van der Waals surface area contributed by atoms with Gasteiger partial charge in [0.1, 0.15) is 6.10 Å². The molecule has 4 aromatic rings. The first-order valence-corrected chi connectivity index (χ1v) is 13.9. The normalized spacial score (nSPS) is 16.1. The number of nitrogens with zero attached hydrogens (tertiary/aromatic N) is 6. The Kier molecular flexibility index (Phi) is 6.17. The van der Waals surface area contributed by atoms with Crippen LogP contribution in [0.5, 0.6) is 5.19 Å². The Morgan fingerprint density at radius 2 is 1.82 bits per heavy atom. The summed E-state index contributed by atoms with van der Waals surface area (Å²) in [6.07, 6.45) is 8.23. The predicted molar refractivity (Wildman–Crippen MR) is 131 cm³/mol. The van der Waals surface area contributed by atoms with E-state index in [2.05, 4.69) is 31.9 Å². The zero-order valence-electron chi connectivity index (χ0n) is 18.6. The SMILES string of the molecule is CC(Oc1nn2cc(-c3ccc(S(C)(=O)=O)cc3)nc2s1)C1CCN(c2ncc(Cl)cn2)CC1. The molecule has 12 heteroatoms. The van der Waals surface area contributed by atoms with Crippen LogP contribution in [-0.4, -0.2) is 58.4 Å². The number of aromatic nitrogens is 5. The summed E-state index contributed by atoms with van der Waals surface area (Å²) in [6, 6.07) is 6.69. The maximum absolute atomic E-state index is 11.7. The fourth-order valence-corrected chi connectivity index (χ4v) is 5.58. The molecule has 0 amide bonds. The lowest BCUT2D eigenvalue weighted by molar-refractivity contribution is 0.131. The maximum atomic E-state index is 11.7. The molecule has 0 saturated carbocycles. The summed E-state index contributed by atoms with van der Waals surface area (Å²) in [7, 11) is -3.23. The van der Waals surface area contributed by atoms with E-state index >= 15 is 0 Å². The fraction of sp³-hybridized carbons (Fsp3) is 0.364. The number of sulfone groups is 1. The molecular formula is C22H23ClN6O3S2. The fourth-order valence-electron chi connectivity index (χ4n) is 4.03. The molecule has 1 unspecified atom stereocenters. The minimum absolute atomic E-state index is 0.0205. The van der Waals surface area contributed by atoms with E-state index in [1.54, 1.807) is 41.2 Å². The number of halogens is 1. The highest BCUT2D eigenvalue weighted by molar-refractivity contribution is 7.90. The second kappa shape index (κ2) is 9.12. The van der Waals surface area contributed by atoms with E-state index in [9.17, 15) is 8.42 Å². The van der Waals surface area contributed by atoms with Gasteiger partial charge in [-0.25, -0.2) is 27.9 Å². The van der Waals surface area contributed by atoms with E-state index in [1.807, 2.05) is 6.20 Å². The molecule has 0 bridgehead atoms. The molecule has 1 saturated heterocycles. The molecule has 34 heavy (non-hydrogen) atoms. The molecule has 9 nitrogen and oxygen atoms in total. The van der Waals surface area contributed by atoms with E-state index in [4.69, 9.17) is 16.3 Å². The number of fused-ring (bicyclic) bond motifs is 1. The van der Waals surface area contributed by atoms with Crippen LogP contribution in [0.1, 0.15) is 19.8 Å². The lowest BCUT2D eigenvalue weighted by Gasteiger charge is -2.34. The van der Waals surface area contributed by atoms with Crippen LogP contribution >= 0.6 is 22.9 Å². The van der Waals surface area contributed by atoms with Crippen molar-refractivity contribution in [2.45, 2.75) is 30.8 Å². The standard InChI is InChI=1S/C22H23ClN6O3S2/c1-14(15-7-9-28(10-8-15)20-24-11-17(23)12-25-20)32-22-27-29-13-19(26-21(29)33-22)16-3-5-18(6-4-16)34(2,30)31/h3-6,11-15H,7-10H2,1-2H3. The van der Waals surface area contributed by atoms with E-state index in [-0.39, 0.29) is 11.0 Å². The van der Waals surface area contributed by atoms with E-state index in [0.717, 1.165) is 42.1 Å². The summed E-state index contributed by atoms with van der Waals surface area (Å²) in [6.45, 7) is 3.81. The van der Waals surface area contributed by atoms with Gasteiger partial charge in [0.15, 0.2) is 9.84 Å². The molecular weight excluding hydrogens is 496 g/mol. The Hall–Kier alpha value is -2.76. The summed E-state index contributed by atoms with van der Waals surface area (Å²) in [5.41, 5.74) is 1.56. The number of piperidine rings is 1. The van der Waals surface area contributed by atoms with Crippen LogP contribution in [0.2, 0.25) is 5.02 Å². The van der Waals surface area contributed by atoms with Gasteiger partial charge in [0, 0.05) is 24.9 Å². The van der Waals surface area contributed by atoms with Crippen molar-refractivity contribution < 1.29 is 13.2 Å². The van der Waals surface area contributed by atoms with Gasteiger partial charge in [0.2, 0.25) is 10.9 Å². The third kappa shape index (κ3) is 4.86. The van der Waals surface area contributed by atoms with Crippen molar-refractivity contribution in [1.29, 1.82) is 0 Å². The molecule has 1 fully saturated rings. The van der Waals surface area contributed by atoms with Gasteiger partial charge in [-0.15, -0.1) is 5.10 Å². The summed E-state index contributed by atoms with van der Waals surface area (Å²) < 4.78 is 31.2. The number of anilines is 1. The van der Waals surface area contributed by atoms with Crippen LogP contribution in [0.15, 0.2) is 47.8 Å². The van der Waals surface area contributed by atoms with Crippen molar-refractivity contribution in [3.63, 3.8) is 0 Å². The number of imidazole rings is 1. The molecule has 4 heterocycles. The Balaban J connectivity index is 1.21. The van der Waals surface area contributed by atoms with Crippen molar-refractivity contribution >= 4 is 43.7 Å². The third-order valence-corrected chi connectivity index (χ3v) is 8.12. The Morgan fingerprint density at radius 3 is 2.44 bits per heavy atom. The molecule has 0 radical (unpaired) electrons. The summed E-state index contributed by atoms with van der Waals surface area (Å²) >= 11 is 7.27. The molecule has 0 N–H and O–H groups in total. The van der Waals surface area contributed by atoms with Gasteiger partial charge in [-0.1, -0.05) is 23.7 Å². The predicted octanol–water partition coefficient (Wildman–Crippen LogP) is 3.99. The van der Waals surface area contributed by atoms with Crippen LogP contribution in [-0.2, 0) is 9.84 Å². The molecule has 1 atom stereocenters. The van der Waals surface area contributed by atoms with Crippen molar-refractivity contribution in [2.75, 3.05) is 24.2 Å². The van der Waals surface area contributed by atoms with Crippen LogP contribution in [0.4, 0.5) is 5.95 Å². The number of ether oxygens (including phenoxy) is 1. The average molecular weight is 519 g/mol. The van der Waals surface area contributed by atoms with E-state index in [1.165, 1.54) is 17.6 Å². The number of benzene rings is 1. The molecule has 1 aliphatic heterocycles. The van der Waals surface area contributed by atoms with E-state index < -0.39 is 9.84 Å².